The summed E-state index contributed by atoms with van der Waals surface area (Å²) in [6.07, 6.45) is 0. The highest BCUT2D eigenvalue weighted by Crippen LogP contribution is 2.30. The normalized spacial score (nSPS) is 27.9. The van der Waals surface area contributed by atoms with Gasteiger partial charge in [0, 0.05) is 31.7 Å². The average Bonchev–Trinajstić information content (AvgIpc) is 2.25. The molecule has 1 saturated heterocycles. The van der Waals surface area contributed by atoms with Gasteiger partial charge in [-0.25, -0.2) is 0 Å². The maximum Gasteiger partial charge on any atom is 0.0244 e. The Morgan fingerprint density at radius 3 is 2.00 bits per heavy atom. The van der Waals surface area contributed by atoms with Crippen molar-refractivity contribution < 1.29 is 0 Å². The quantitative estimate of drug-likeness (QED) is 0.841. The van der Waals surface area contributed by atoms with Crippen LogP contribution < -0.4 is 5.32 Å². The predicted octanol–water partition coefficient (Wildman–Crippen LogP) is 4.01. The van der Waals surface area contributed by atoms with E-state index in [-0.39, 0.29) is 0 Å². The highest BCUT2D eigenvalue weighted by Gasteiger charge is 2.36. The average molecular weight is 283 g/mol. The van der Waals surface area contributed by atoms with Crippen molar-refractivity contribution in [2.75, 3.05) is 19.6 Å². The van der Waals surface area contributed by atoms with Gasteiger partial charge in [-0.05, 0) is 22.7 Å². The Morgan fingerprint density at radius 2 is 1.60 bits per heavy atom. The van der Waals surface area contributed by atoms with Crippen LogP contribution in [0.2, 0.25) is 0 Å². The van der Waals surface area contributed by atoms with Crippen molar-refractivity contribution in [1.29, 1.82) is 0 Å². The lowest BCUT2D eigenvalue weighted by molar-refractivity contribution is 0.0368. The Kier molecular flexibility index (Phi) is 5.71. The predicted molar refractivity (Wildman–Crippen MR) is 90.1 cm³/mol. The van der Waals surface area contributed by atoms with Crippen LogP contribution in [0.25, 0.3) is 0 Å². The summed E-state index contributed by atoms with van der Waals surface area (Å²) in [4.78, 5) is 2.76. The van der Waals surface area contributed by atoms with Gasteiger partial charge in [0.05, 0.1) is 0 Å². The highest BCUT2D eigenvalue weighted by atomic mass is 15.2. The van der Waals surface area contributed by atoms with E-state index in [4.69, 9.17) is 0 Å². The van der Waals surface area contributed by atoms with Gasteiger partial charge in [0.25, 0.3) is 0 Å². The number of nitrogens with one attached hydrogen (secondary N) is 1. The molecule has 1 N–H and O–H groups in total. The molecule has 0 aromatic carbocycles. The lowest BCUT2D eigenvalue weighted by atomic mass is 9.79. The summed E-state index contributed by atoms with van der Waals surface area (Å²) in [5.74, 6) is 1.44. The van der Waals surface area contributed by atoms with Crippen molar-refractivity contribution in [2.45, 2.75) is 74.4 Å². The zero-order valence-electron chi connectivity index (χ0n) is 15.4. The van der Waals surface area contributed by atoms with E-state index in [9.17, 15) is 0 Å². The largest absolute Gasteiger partial charge is 0.311 e. The van der Waals surface area contributed by atoms with E-state index in [2.05, 4.69) is 72.5 Å². The first-order valence-corrected chi connectivity index (χ1v) is 8.40. The Bertz CT molecular complexity index is 294. The number of piperazine rings is 1. The minimum absolute atomic E-state index is 0.338. The summed E-state index contributed by atoms with van der Waals surface area (Å²) in [5.41, 5.74) is 0.731. The lowest BCUT2D eigenvalue weighted by Gasteiger charge is -2.48. The molecular formula is C18H38N2. The molecule has 0 bridgehead atoms. The first-order valence-electron chi connectivity index (χ1n) is 8.40. The van der Waals surface area contributed by atoms with Gasteiger partial charge in [0.15, 0.2) is 0 Å². The van der Waals surface area contributed by atoms with Gasteiger partial charge in [-0.2, -0.15) is 0 Å². The van der Waals surface area contributed by atoms with Gasteiger partial charge >= 0.3 is 0 Å². The van der Waals surface area contributed by atoms with Crippen LogP contribution in [0.5, 0.6) is 0 Å². The molecule has 1 aliphatic rings. The van der Waals surface area contributed by atoms with E-state index < -0.39 is 0 Å². The van der Waals surface area contributed by atoms with Crippen LogP contribution in [-0.2, 0) is 0 Å². The van der Waals surface area contributed by atoms with Gasteiger partial charge < -0.3 is 5.32 Å². The van der Waals surface area contributed by atoms with Gasteiger partial charge in [0.2, 0.25) is 0 Å². The van der Waals surface area contributed by atoms with Crippen LogP contribution in [0.15, 0.2) is 0 Å². The van der Waals surface area contributed by atoms with Crippen LogP contribution in [0, 0.1) is 22.7 Å². The molecular weight excluding hydrogens is 244 g/mol. The van der Waals surface area contributed by atoms with Crippen LogP contribution >= 0.6 is 0 Å². The van der Waals surface area contributed by atoms with Crippen molar-refractivity contribution in [3.63, 3.8) is 0 Å². The van der Waals surface area contributed by atoms with E-state index in [1.54, 1.807) is 0 Å². The molecule has 1 heterocycles. The van der Waals surface area contributed by atoms with Crippen molar-refractivity contribution in [1.82, 2.24) is 10.2 Å². The van der Waals surface area contributed by atoms with Crippen LogP contribution in [0.3, 0.4) is 0 Å². The van der Waals surface area contributed by atoms with E-state index in [0.29, 0.717) is 22.9 Å². The number of nitrogens with zero attached hydrogens (tertiary/aromatic N) is 1. The second-order valence-electron chi connectivity index (χ2n) is 9.36. The first-order chi connectivity index (χ1) is 8.93. The summed E-state index contributed by atoms with van der Waals surface area (Å²) in [7, 11) is 0. The minimum atomic E-state index is 0.338. The standard InChI is InChI=1S/C18H38N2/c1-13(2)15-10-19-16(18(7,8)9)12-20(15)11-14(3)17(4,5)6/h13-16,19H,10-12H2,1-9H3. The van der Waals surface area contributed by atoms with E-state index in [0.717, 1.165) is 18.4 Å². The fraction of sp³-hybridized carbons (Fsp3) is 1.00. The summed E-state index contributed by atoms with van der Waals surface area (Å²) in [6, 6.07) is 1.28. The Balaban J connectivity index is 2.79. The van der Waals surface area contributed by atoms with Crippen LogP contribution in [0.4, 0.5) is 0 Å². The van der Waals surface area contributed by atoms with Gasteiger partial charge in [0.1, 0.15) is 0 Å². The van der Waals surface area contributed by atoms with Crippen molar-refractivity contribution in [2.24, 2.45) is 22.7 Å². The molecule has 0 amide bonds. The van der Waals surface area contributed by atoms with E-state index in [1.807, 2.05) is 0 Å². The van der Waals surface area contributed by atoms with Crippen molar-refractivity contribution in [3.05, 3.63) is 0 Å². The van der Waals surface area contributed by atoms with Crippen LogP contribution in [0.1, 0.15) is 62.3 Å². The first kappa shape index (κ1) is 18.0. The smallest absolute Gasteiger partial charge is 0.0244 e. The fourth-order valence-corrected chi connectivity index (χ4v) is 2.90. The third-order valence-corrected chi connectivity index (χ3v) is 5.26. The summed E-state index contributed by atoms with van der Waals surface area (Å²) < 4.78 is 0. The van der Waals surface area contributed by atoms with Crippen molar-refractivity contribution >= 4 is 0 Å². The third-order valence-electron chi connectivity index (χ3n) is 5.26. The third kappa shape index (κ3) is 4.73. The SMILES string of the molecule is CC(C)C1CNC(C(C)(C)C)CN1CC(C)C(C)(C)C. The summed E-state index contributed by atoms with van der Waals surface area (Å²) in [5, 5.41) is 3.79. The molecule has 2 heteroatoms. The zero-order chi connectivity index (χ0) is 15.7. The molecule has 3 atom stereocenters. The van der Waals surface area contributed by atoms with Gasteiger partial charge in [-0.15, -0.1) is 0 Å². The molecule has 1 fully saturated rings. The Morgan fingerprint density at radius 1 is 1.05 bits per heavy atom. The molecule has 3 unspecified atom stereocenters. The molecule has 120 valence electrons. The second kappa shape index (κ2) is 6.36. The van der Waals surface area contributed by atoms with Gasteiger partial charge in [-0.3, -0.25) is 4.90 Å². The summed E-state index contributed by atoms with van der Waals surface area (Å²) in [6.45, 7) is 24.8. The molecule has 2 nitrogen and oxygen atoms in total. The van der Waals surface area contributed by atoms with Crippen LogP contribution in [-0.4, -0.2) is 36.6 Å². The van der Waals surface area contributed by atoms with Gasteiger partial charge in [-0.1, -0.05) is 62.3 Å². The molecule has 0 aliphatic carbocycles. The zero-order valence-corrected chi connectivity index (χ0v) is 15.4. The monoisotopic (exact) mass is 282 g/mol. The van der Waals surface area contributed by atoms with Crippen molar-refractivity contribution in [3.8, 4) is 0 Å². The second-order valence-corrected chi connectivity index (χ2v) is 9.36. The fourth-order valence-electron chi connectivity index (χ4n) is 2.90. The van der Waals surface area contributed by atoms with E-state index in [1.165, 1.54) is 13.1 Å². The molecule has 0 spiro atoms. The minimum Gasteiger partial charge on any atom is -0.311 e. The Hall–Kier alpha value is -0.0800. The highest BCUT2D eigenvalue weighted by molar-refractivity contribution is 4.93. The topological polar surface area (TPSA) is 15.3 Å². The molecule has 20 heavy (non-hydrogen) atoms. The lowest BCUT2D eigenvalue weighted by Crippen LogP contribution is -2.62. The summed E-state index contributed by atoms with van der Waals surface area (Å²) >= 11 is 0. The maximum absolute atomic E-state index is 3.79. The number of rotatable bonds is 3. The Labute approximate surface area is 127 Å². The molecule has 0 aromatic rings. The molecule has 0 radical (unpaired) electrons. The van der Waals surface area contributed by atoms with E-state index >= 15 is 0 Å². The molecule has 1 aliphatic heterocycles. The number of hydrogen-bond donors (Lipinski definition) is 1. The molecule has 0 saturated carbocycles. The molecule has 1 rings (SSSR count). The number of hydrogen-bond acceptors (Lipinski definition) is 2. The molecule has 0 aromatic heterocycles. The maximum atomic E-state index is 3.79.